The Morgan fingerprint density at radius 1 is 1.21 bits per heavy atom. The molecular weight excluding hydrogens is 622 g/mol. The molecule has 1 amide bonds. The number of carbonyl (C=O) groups is 1. The first-order chi connectivity index (χ1) is 22.9. The summed E-state index contributed by atoms with van der Waals surface area (Å²) in [6, 6.07) is 4.55. The molecule has 2 aromatic heterocycles. The predicted octanol–water partition coefficient (Wildman–Crippen LogP) is 3.81. The molecule has 254 valence electrons. The summed E-state index contributed by atoms with van der Waals surface area (Å²) in [5, 5.41) is 11.6. The molecule has 1 fully saturated rings. The lowest BCUT2D eigenvalue weighted by molar-refractivity contribution is -0.126. The van der Waals surface area contributed by atoms with E-state index in [1.807, 2.05) is 24.9 Å². The third-order valence-electron chi connectivity index (χ3n) is 9.17. The number of carbonyl (C=O) groups excluding carboxylic acids is 1. The third-order valence-corrected chi connectivity index (χ3v) is 9.17. The Bertz CT molecular complexity index is 1890. The van der Waals surface area contributed by atoms with Gasteiger partial charge in [-0.15, -0.1) is 0 Å². The number of aliphatic hydroxyl groups excluding tert-OH is 1. The highest BCUT2D eigenvalue weighted by molar-refractivity contribution is 5.92. The van der Waals surface area contributed by atoms with Crippen molar-refractivity contribution in [3.05, 3.63) is 76.9 Å². The van der Waals surface area contributed by atoms with Gasteiger partial charge in [-0.05, 0) is 50.1 Å². The average Bonchev–Trinajstić information content (AvgIpc) is 3.05. The van der Waals surface area contributed by atoms with Crippen molar-refractivity contribution in [3.63, 3.8) is 0 Å². The number of benzene rings is 1. The molecule has 0 radical (unpaired) electrons. The van der Waals surface area contributed by atoms with Gasteiger partial charge in [0, 0.05) is 51.1 Å². The van der Waals surface area contributed by atoms with Gasteiger partial charge in [-0.3, -0.25) is 4.79 Å². The normalized spacial score (nSPS) is 22.7. The number of pyridine rings is 1. The number of amides is 1. The van der Waals surface area contributed by atoms with E-state index < -0.39 is 35.6 Å². The van der Waals surface area contributed by atoms with Crippen LogP contribution in [-0.4, -0.2) is 99.5 Å². The van der Waals surface area contributed by atoms with E-state index in [1.165, 1.54) is 42.0 Å². The van der Waals surface area contributed by atoms with Gasteiger partial charge in [0.25, 0.3) is 0 Å². The molecule has 3 aliphatic heterocycles. The largest absolute Gasteiger partial charge is 0.490 e. The van der Waals surface area contributed by atoms with Crippen LogP contribution in [0, 0.1) is 17.6 Å². The summed E-state index contributed by atoms with van der Waals surface area (Å²) >= 11 is 0. The molecule has 3 aliphatic rings. The summed E-state index contributed by atoms with van der Waals surface area (Å²) < 4.78 is 45.0. The molecule has 1 N–H and O–H groups in total. The minimum absolute atomic E-state index is 0.0279. The summed E-state index contributed by atoms with van der Waals surface area (Å²) in [6.07, 6.45) is 2.73. The van der Waals surface area contributed by atoms with Crippen LogP contribution in [0.2, 0.25) is 0 Å². The number of piperazine rings is 1. The van der Waals surface area contributed by atoms with Gasteiger partial charge < -0.3 is 29.3 Å². The fraction of sp³-hybridized carbons (Fsp3) is 0.429. The minimum atomic E-state index is -1.26. The molecule has 1 aromatic carbocycles. The molecule has 13 heteroatoms. The van der Waals surface area contributed by atoms with Crippen molar-refractivity contribution in [2.45, 2.75) is 52.0 Å². The molecule has 3 aromatic rings. The summed E-state index contributed by atoms with van der Waals surface area (Å²) in [7, 11) is 1.45. The van der Waals surface area contributed by atoms with Gasteiger partial charge >= 0.3 is 5.69 Å². The van der Waals surface area contributed by atoms with Gasteiger partial charge in [-0.2, -0.15) is 4.98 Å². The van der Waals surface area contributed by atoms with Gasteiger partial charge in [0.15, 0.2) is 11.5 Å². The van der Waals surface area contributed by atoms with Crippen LogP contribution >= 0.6 is 0 Å². The van der Waals surface area contributed by atoms with E-state index in [4.69, 9.17) is 14.5 Å². The molecule has 4 atom stereocenters. The van der Waals surface area contributed by atoms with Crippen molar-refractivity contribution in [1.82, 2.24) is 24.3 Å². The van der Waals surface area contributed by atoms with Gasteiger partial charge in [-0.1, -0.05) is 26.5 Å². The monoisotopic (exact) mass is 662 g/mol. The lowest BCUT2D eigenvalue weighted by atomic mass is 9.94. The number of hydrogen-bond donors (Lipinski definition) is 1. The lowest BCUT2D eigenvalue weighted by Gasteiger charge is -2.41. The van der Waals surface area contributed by atoms with Crippen LogP contribution in [-0.2, 0) is 9.53 Å². The molecule has 0 spiro atoms. The van der Waals surface area contributed by atoms with Crippen LogP contribution in [0.4, 0.5) is 14.6 Å². The van der Waals surface area contributed by atoms with Crippen LogP contribution in [0.15, 0.2) is 59.6 Å². The lowest BCUT2D eigenvalue weighted by Crippen LogP contribution is -2.54. The van der Waals surface area contributed by atoms with Crippen molar-refractivity contribution in [3.8, 4) is 17.0 Å². The van der Waals surface area contributed by atoms with E-state index >= 15 is 8.78 Å². The molecule has 2 bridgehead atoms. The number of fused-ring (bicyclic) bond motifs is 4. The van der Waals surface area contributed by atoms with Crippen molar-refractivity contribution >= 4 is 28.5 Å². The molecule has 0 saturated carbocycles. The number of ether oxygens (including phenoxy) is 2. The summed E-state index contributed by atoms with van der Waals surface area (Å²) in [5.41, 5.74) is -0.299. The van der Waals surface area contributed by atoms with E-state index in [-0.39, 0.29) is 58.3 Å². The number of halogens is 2. The maximum atomic E-state index is 16.3. The first-order valence-corrected chi connectivity index (χ1v) is 16.1. The molecule has 2 unspecified atom stereocenters. The number of methoxy groups -OCH3 is 1. The van der Waals surface area contributed by atoms with Crippen LogP contribution in [0.5, 0.6) is 5.75 Å². The zero-order chi connectivity index (χ0) is 34.4. The molecular formula is C35H40F2N6O5. The van der Waals surface area contributed by atoms with Crippen LogP contribution < -0.4 is 15.3 Å². The molecule has 1 saturated heterocycles. The Morgan fingerprint density at radius 2 is 1.98 bits per heavy atom. The van der Waals surface area contributed by atoms with Gasteiger partial charge in [0.1, 0.15) is 41.9 Å². The van der Waals surface area contributed by atoms with Crippen molar-refractivity contribution in [2.24, 2.45) is 5.92 Å². The van der Waals surface area contributed by atoms with E-state index in [0.29, 0.717) is 37.4 Å². The number of aliphatic hydroxyl groups is 1. The maximum Gasteiger partial charge on any atom is 0.355 e. The molecule has 11 nitrogen and oxygen atoms in total. The van der Waals surface area contributed by atoms with Crippen LogP contribution in [0.1, 0.15) is 27.7 Å². The van der Waals surface area contributed by atoms with Crippen molar-refractivity contribution in [2.75, 3.05) is 44.8 Å². The Kier molecular flexibility index (Phi) is 9.10. The summed E-state index contributed by atoms with van der Waals surface area (Å²) in [6.45, 7) is 12.9. The van der Waals surface area contributed by atoms with E-state index in [2.05, 4.69) is 30.3 Å². The number of aromatic nitrogens is 3. The highest BCUT2D eigenvalue weighted by atomic mass is 19.1. The Labute approximate surface area is 277 Å². The molecule has 6 rings (SSSR count). The second-order valence-electron chi connectivity index (χ2n) is 12.8. The highest BCUT2D eigenvalue weighted by Gasteiger charge is 2.36. The van der Waals surface area contributed by atoms with E-state index in [0.717, 1.165) is 0 Å². The van der Waals surface area contributed by atoms with Crippen LogP contribution in [0.3, 0.4) is 0 Å². The van der Waals surface area contributed by atoms with Crippen molar-refractivity contribution in [1.29, 1.82) is 0 Å². The molecule has 48 heavy (non-hydrogen) atoms. The summed E-state index contributed by atoms with van der Waals surface area (Å²) in [4.78, 5) is 41.6. The quantitative estimate of drug-likeness (QED) is 0.408. The number of hydrogen-bond acceptors (Lipinski definition) is 9. The molecule has 5 heterocycles. The number of anilines is 1. The SMILES string of the molecule is C=CC(=O)N1CCN(c2nc(=O)n3c4nc(c(F)cc24)-c2c(F)cccc2OCC(O)C(OC)C2=C3[C@@H](C)N(CC(C)C)C=C2)[C@@H](C)C1. The maximum absolute atomic E-state index is 16.3. The smallest absolute Gasteiger partial charge is 0.355 e. The Balaban J connectivity index is 1.68. The van der Waals surface area contributed by atoms with Gasteiger partial charge in [0.05, 0.1) is 22.7 Å². The van der Waals surface area contributed by atoms with Gasteiger partial charge in [-0.25, -0.2) is 23.1 Å². The Hall–Kier alpha value is -4.62. The average molecular weight is 663 g/mol. The van der Waals surface area contributed by atoms with E-state index in [1.54, 1.807) is 11.0 Å². The molecule has 0 aliphatic carbocycles. The highest BCUT2D eigenvalue weighted by Crippen LogP contribution is 2.39. The number of rotatable bonds is 5. The minimum Gasteiger partial charge on any atom is -0.490 e. The fourth-order valence-electron chi connectivity index (χ4n) is 6.91. The zero-order valence-electron chi connectivity index (χ0n) is 27.7. The van der Waals surface area contributed by atoms with E-state index in [9.17, 15) is 14.7 Å². The van der Waals surface area contributed by atoms with Crippen molar-refractivity contribution < 1.29 is 28.2 Å². The Morgan fingerprint density at radius 3 is 2.67 bits per heavy atom. The standard InChI is InChI=1S/C35H40F2N6O5/c1-7-28(45)41-13-14-42(20(4)17-41)33-23-15-25(37)30-29-24(36)9-8-10-27(29)48-18-26(44)32(47-6)22-11-12-40(16-19(2)3)21(5)31(22)43(34(23)38-30)35(46)39-33/h7-12,15,19-21,26,32,44H,1,13-14,16-18H2,2-6H3/t20-,21+,26?,32?/m0/s1. The summed E-state index contributed by atoms with van der Waals surface area (Å²) in [5.74, 6) is -1.41. The third kappa shape index (κ3) is 5.74. The zero-order valence-corrected chi connectivity index (χ0v) is 27.7. The second kappa shape index (κ2) is 13.1. The topological polar surface area (TPSA) is 113 Å². The predicted molar refractivity (Wildman–Crippen MR) is 178 cm³/mol. The first-order valence-electron chi connectivity index (χ1n) is 16.1. The fourth-order valence-corrected chi connectivity index (χ4v) is 6.91. The van der Waals surface area contributed by atoms with Gasteiger partial charge in [0.2, 0.25) is 5.91 Å². The second-order valence-corrected chi connectivity index (χ2v) is 12.8. The van der Waals surface area contributed by atoms with Crippen LogP contribution in [0.25, 0.3) is 28.0 Å². The number of nitrogens with zero attached hydrogens (tertiary/aromatic N) is 6. The first kappa shape index (κ1) is 33.3.